The van der Waals surface area contributed by atoms with Gasteiger partial charge in [0.25, 0.3) is 0 Å². The van der Waals surface area contributed by atoms with Gasteiger partial charge in [0, 0.05) is 32.7 Å². The second-order valence-corrected chi connectivity index (χ2v) is 5.80. The van der Waals surface area contributed by atoms with E-state index in [0.717, 1.165) is 6.26 Å². The predicted molar refractivity (Wildman–Crippen MR) is 57.1 cm³/mol. The summed E-state index contributed by atoms with van der Waals surface area (Å²) in [6, 6.07) is -1.76. The number of nitrogens with one attached hydrogen (secondary N) is 2. The van der Waals surface area contributed by atoms with E-state index >= 15 is 0 Å². The summed E-state index contributed by atoms with van der Waals surface area (Å²) in [5.74, 6) is 0. The minimum absolute atomic E-state index is 0.260. The fourth-order valence-electron chi connectivity index (χ4n) is 1.68. The molecule has 9 heteroatoms. The summed E-state index contributed by atoms with van der Waals surface area (Å²) in [5, 5.41) is 2.95. The normalized spacial score (nSPS) is 21.4. The zero-order chi connectivity index (χ0) is 13.1. The topological polar surface area (TPSA) is 61.4 Å². The Labute approximate surface area is 98.4 Å². The van der Waals surface area contributed by atoms with Crippen molar-refractivity contribution in [2.45, 2.75) is 12.2 Å². The molecular weight excluding hydrogens is 259 g/mol. The molecule has 0 saturated carbocycles. The molecule has 0 amide bonds. The van der Waals surface area contributed by atoms with Gasteiger partial charge in [0.15, 0.2) is 0 Å². The highest BCUT2D eigenvalue weighted by atomic mass is 32.2. The molecule has 0 bridgehead atoms. The van der Waals surface area contributed by atoms with Crippen LogP contribution in [0.2, 0.25) is 0 Å². The molecule has 0 aromatic heterocycles. The van der Waals surface area contributed by atoms with Crippen LogP contribution in [0.5, 0.6) is 0 Å². The van der Waals surface area contributed by atoms with Crippen LogP contribution in [0, 0.1) is 0 Å². The Kier molecular flexibility index (Phi) is 4.76. The molecule has 1 rings (SSSR count). The van der Waals surface area contributed by atoms with Crippen LogP contribution in [0.4, 0.5) is 13.2 Å². The van der Waals surface area contributed by atoms with Crippen LogP contribution < -0.4 is 10.0 Å². The van der Waals surface area contributed by atoms with Crippen molar-refractivity contribution in [1.29, 1.82) is 0 Å². The van der Waals surface area contributed by atoms with Crippen molar-refractivity contribution in [3.63, 3.8) is 0 Å². The first-order valence-electron chi connectivity index (χ1n) is 5.16. The number of alkyl halides is 3. The average Bonchev–Trinajstić information content (AvgIpc) is 2.15. The van der Waals surface area contributed by atoms with Gasteiger partial charge in [-0.2, -0.15) is 13.2 Å². The maximum Gasteiger partial charge on any atom is 0.405 e. The van der Waals surface area contributed by atoms with E-state index in [-0.39, 0.29) is 13.1 Å². The molecule has 2 N–H and O–H groups in total. The molecule has 0 radical (unpaired) electrons. The zero-order valence-corrected chi connectivity index (χ0v) is 10.2. The van der Waals surface area contributed by atoms with E-state index < -0.39 is 28.8 Å². The Morgan fingerprint density at radius 2 is 1.88 bits per heavy atom. The highest BCUT2D eigenvalue weighted by Gasteiger charge is 2.43. The minimum atomic E-state index is -4.44. The number of piperazine rings is 1. The van der Waals surface area contributed by atoms with Gasteiger partial charge in [-0.1, -0.05) is 0 Å². The summed E-state index contributed by atoms with van der Waals surface area (Å²) in [6.45, 7) is 0.838. The largest absolute Gasteiger partial charge is 0.405 e. The molecule has 0 spiro atoms. The van der Waals surface area contributed by atoms with Gasteiger partial charge in [-0.25, -0.2) is 13.1 Å². The smallest absolute Gasteiger partial charge is 0.314 e. The SMILES string of the molecule is CS(=O)(=O)NCC(N1CCNCC1)C(F)(F)F. The van der Waals surface area contributed by atoms with Crippen LogP contribution in [0.15, 0.2) is 0 Å². The highest BCUT2D eigenvalue weighted by Crippen LogP contribution is 2.24. The summed E-state index contributed by atoms with van der Waals surface area (Å²) in [6.07, 6.45) is -3.59. The van der Waals surface area contributed by atoms with E-state index in [1.165, 1.54) is 4.90 Å². The van der Waals surface area contributed by atoms with Gasteiger partial charge < -0.3 is 5.32 Å². The molecule has 17 heavy (non-hydrogen) atoms. The number of sulfonamides is 1. The molecule has 0 aromatic carbocycles. The van der Waals surface area contributed by atoms with E-state index in [2.05, 4.69) is 5.32 Å². The monoisotopic (exact) mass is 275 g/mol. The second kappa shape index (κ2) is 5.51. The van der Waals surface area contributed by atoms with Crippen LogP contribution in [-0.2, 0) is 10.0 Å². The van der Waals surface area contributed by atoms with E-state index in [4.69, 9.17) is 0 Å². The van der Waals surface area contributed by atoms with E-state index in [0.29, 0.717) is 13.1 Å². The minimum Gasteiger partial charge on any atom is -0.314 e. The van der Waals surface area contributed by atoms with Crippen molar-refractivity contribution in [3.05, 3.63) is 0 Å². The Hall–Kier alpha value is -0.380. The Bertz CT molecular complexity index is 338. The lowest BCUT2D eigenvalue weighted by Gasteiger charge is -2.35. The van der Waals surface area contributed by atoms with Crippen molar-refractivity contribution in [2.75, 3.05) is 39.0 Å². The first kappa shape index (κ1) is 14.7. The van der Waals surface area contributed by atoms with Crippen molar-refractivity contribution in [2.24, 2.45) is 0 Å². The summed E-state index contributed by atoms with van der Waals surface area (Å²) in [5.41, 5.74) is 0. The summed E-state index contributed by atoms with van der Waals surface area (Å²) >= 11 is 0. The molecule has 1 heterocycles. The predicted octanol–water partition coefficient (Wildman–Crippen LogP) is -0.628. The highest BCUT2D eigenvalue weighted by molar-refractivity contribution is 7.88. The standard InChI is InChI=1S/C8H16F3N3O2S/c1-17(15,16)13-6-7(8(9,10)11)14-4-2-12-3-5-14/h7,12-13H,2-6H2,1H3. The van der Waals surface area contributed by atoms with Crippen molar-refractivity contribution < 1.29 is 21.6 Å². The van der Waals surface area contributed by atoms with Gasteiger partial charge in [-0.05, 0) is 0 Å². The lowest BCUT2D eigenvalue weighted by molar-refractivity contribution is -0.182. The van der Waals surface area contributed by atoms with Gasteiger partial charge in [0.2, 0.25) is 10.0 Å². The number of nitrogens with zero attached hydrogens (tertiary/aromatic N) is 1. The second-order valence-electron chi connectivity index (χ2n) is 3.96. The molecule has 0 aromatic rings. The zero-order valence-electron chi connectivity index (χ0n) is 9.42. The van der Waals surface area contributed by atoms with Crippen LogP contribution in [0.3, 0.4) is 0 Å². The van der Waals surface area contributed by atoms with E-state index in [1.54, 1.807) is 0 Å². The molecule has 0 aliphatic carbocycles. The maximum atomic E-state index is 12.8. The summed E-state index contributed by atoms with van der Waals surface area (Å²) < 4.78 is 61.9. The van der Waals surface area contributed by atoms with Crippen molar-refractivity contribution in [3.8, 4) is 0 Å². The molecule has 1 aliphatic rings. The third-order valence-electron chi connectivity index (χ3n) is 2.51. The summed E-state index contributed by atoms with van der Waals surface area (Å²) in [4.78, 5) is 1.24. The Morgan fingerprint density at radius 1 is 1.35 bits per heavy atom. The molecule has 1 atom stereocenters. The quantitative estimate of drug-likeness (QED) is 0.717. The van der Waals surface area contributed by atoms with Gasteiger partial charge >= 0.3 is 6.18 Å². The van der Waals surface area contributed by atoms with Gasteiger partial charge in [0.1, 0.15) is 6.04 Å². The molecular formula is C8H16F3N3O2S. The molecule has 1 unspecified atom stereocenters. The molecule has 1 fully saturated rings. The van der Waals surface area contributed by atoms with Crippen LogP contribution >= 0.6 is 0 Å². The van der Waals surface area contributed by atoms with Gasteiger partial charge in [-0.3, -0.25) is 4.90 Å². The third kappa shape index (κ3) is 5.19. The van der Waals surface area contributed by atoms with Crippen LogP contribution in [-0.4, -0.2) is 64.5 Å². The fraction of sp³-hybridized carbons (Fsp3) is 1.00. The first-order valence-corrected chi connectivity index (χ1v) is 7.05. The molecule has 5 nitrogen and oxygen atoms in total. The fourth-order valence-corrected chi connectivity index (χ4v) is 2.14. The van der Waals surface area contributed by atoms with Crippen LogP contribution in [0.25, 0.3) is 0 Å². The maximum absolute atomic E-state index is 12.8. The lowest BCUT2D eigenvalue weighted by atomic mass is 10.2. The molecule has 102 valence electrons. The van der Waals surface area contributed by atoms with Crippen molar-refractivity contribution >= 4 is 10.0 Å². The van der Waals surface area contributed by atoms with Crippen molar-refractivity contribution in [1.82, 2.24) is 14.9 Å². The number of hydrogen-bond acceptors (Lipinski definition) is 4. The van der Waals surface area contributed by atoms with Crippen LogP contribution in [0.1, 0.15) is 0 Å². The summed E-state index contributed by atoms with van der Waals surface area (Å²) in [7, 11) is -3.61. The molecule has 1 saturated heterocycles. The van der Waals surface area contributed by atoms with E-state index in [9.17, 15) is 21.6 Å². The average molecular weight is 275 g/mol. The number of rotatable bonds is 4. The lowest BCUT2D eigenvalue weighted by Crippen LogP contribution is -2.57. The first-order chi connectivity index (χ1) is 7.70. The number of hydrogen-bond donors (Lipinski definition) is 2. The van der Waals surface area contributed by atoms with Gasteiger partial charge in [-0.15, -0.1) is 0 Å². The van der Waals surface area contributed by atoms with E-state index in [1.807, 2.05) is 4.72 Å². The van der Waals surface area contributed by atoms with Gasteiger partial charge in [0.05, 0.1) is 6.26 Å². The Morgan fingerprint density at radius 3 is 2.29 bits per heavy atom. The molecule has 1 aliphatic heterocycles. The number of halogens is 3. The third-order valence-corrected chi connectivity index (χ3v) is 3.20. The Balaban J connectivity index is 2.66.